The average molecular weight is 264 g/mol. The van der Waals surface area contributed by atoms with Crippen LogP contribution in [-0.2, 0) is 0 Å². The largest absolute Gasteiger partial charge is 0.161 e. The van der Waals surface area contributed by atoms with E-state index < -0.39 is 0 Å². The van der Waals surface area contributed by atoms with Crippen LogP contribution in [0.15, 0.2) is 0 Å². The molecule has 0 N–H and O–H groups in total. The lowest BCUT2D eigenvalue weighted by Gasteiger charge is -2.42. The Labute approximate surface area is 117 Å². The second-order valence-corrected chi connectivity index (χ2v) is 8.80. The van der Waals surface area contributed by atoms with Gasteiger partial charge >= 0.3 is 0 Å². The van der Waals surface area contributed by atoms with Gasteiger partial charge in [-0.2, -0.15) is 11.8 Å². The van der Waals surface area contributed by atoms with E-state index in [1.165, 1.54) is 24.3 Å². The molecule has 1 heteroatoms. The quantitative estimate of drug-likeness (QED) is 0.688. The Hall–Kier alpha value is 0.350. The lowest BCUT2D eigenvalue weighted by atomic mass is 9.62. The van der Waals surface area contributed by atoms with Crippen LogP contribution in [0.4, 0.5) is 0 Å². The van der Waals surface area contributed by atoms with Crippen molar-refractivity contribution in [3.8, 4) is 0 Å². The Morgan fingerprint density at radius 1 is 1.06 bits per heavy atom. The Morgan fingerprint density at radius 3 is 2.50 bits per heavy atom. The summed E-state index contributed by atoms with van der Waals surface area (Å²) in [6, 6.07) is 0. The molecule has 0 amide bonds. The van der Waals surface area contributed by atoms with Crippen molar-refractivity contribution in [1.82, 2.24) is 0 Å². The maximum absolute atomic E-state index is 2.46. The van der Waals surface area contributed by atoms with Gasteiger partial charge in [-0.1, -0.05) is 26.7 Å². The first kappa shape index (κ1) is 12.1. The van der Waals surface area contributed by atoms with Gasteiger partial charge in [-0.3, -0.25) is 0 Å². The highest BCUT2D eigenvalue weighted by Gasteiger charge is 2.64. The van der Waals surface area contributed by atoms with Crippen molar-refractivity contribution >= 4 is 11.8 Å². The minimum atomic E-state index is 0.826. The van der Waals surface area contributed by atoms with E-state index in [4.69, 9.17) is 0 Å². The van der Waals surface area contributed by atoms with Gasteiger partial charge in [0.25, 0.3) is 0 Å². The third-order valence-corrected chi connectivity index (χ3v) is 8.61. The van der Waals surface area contributed by atoms with Crippen molar-refractivity contribution in [2.24, 2.45) is 40.9 Å². The van der Waals surface area contributed by atoms with Crippen LogP contribution in [0.2, 0.25) is 0 Å². The third-order valence-electron chi connectivity index (χ3n) is 7.34. The molecule has 2 bridgehead atoms. The van der Waals surface area contributed by atoms with E-state index >= 15 is 0 Å². The fraction of sp³-hybridized carbons (Fsp3) is 1.00. The van der Waals surface area contributed by atoms with Crippen LogP contribution in [0, 0.1) is 40.9 Å². The van der Waals surface area contributed by atoms with E-state index in [-0.39, 0.29) is 0 Å². The van der Waals surface area contributed by atoms with Gasteiger partial charge in [0.05, 0.1) is 0 Å². The lowest BCUT2D eigenvalue weighted by Crippen LogP contribution is -2.38. The van der Waals surface area contributed by atoms with Crippen LogP contribution in [0.3, 0.4) is 0 Å². The highest BCUT2D eigenvalue weighted by atomic mass is 32.2. The second kappa shape index (κ2) is 4.17. The Kier molecular flexibility index (Phi) is 2.81. The smallest absolute Gasteiger partial charge is 0.000764 e. The number of thioether (sulfide) groups is 1. The summed E-state index contributed by atoms with van der Waals surface area (Å²) in [6.45, 7) is 4.91. The molecule has 102 valence electrons. The van der Waals surface area contributed by atoms with Gasteiger partial charge in [0, 0.05) is 0 Å². The van der Waals surface area contributed by atoms with Gasteiger partial charge in [-0.15, -0.1) is 0 Å². The first-order valence-electron chi connectivity index (χ1n) is 8.37. The highest BCUT2D eigenvalue weighted by Crippen LogP contribution is 2.71. The van der Waals surface area contributed by atoms with Crippen molar-refractivity contribution < 1.29 is 0 Å². The molecule has 3 saturated carbocycles. The first-order valence-corrected chi connectivity index (χ1v) is 9.52. The molecule has 18 heavy (non-hydrogen) atoms. The van der Waals surface area contributed by atoms with E-state index in [1.54, 1.807) is 25.7 Å². The van der Waals surface area contributed by atoms with Gasteiger partial charge in [-0.05, 0) is 78.1 Å². The van der Waals surface area contributed by atoms with Gasteiger partial charge in [-0.25, -0.2) is 0 Å². The summed E-state index contributed by atoms with van der Waals surface area (Å²) in [4.78, 5) is 0. The predicted octanol–water partition coefficient (Wildman–Crippen LogP) is 4.84. The predicted molar refractivity (Wildman–Crippen MR) is 79.7 cm³/mol. The van der Waals surface area contributed by atoms with Crippen LogP contribution < -0.4 is 0 Å². The molecule has 1 aliphatic heterocycles. The van der Waals surface area contributed by atoms with Crippen molar-refractivity contribution in [2.45, 2.75) is 52.4 Å². The SMILES string of the molecule is CCC1CC(CC)C2C1C1CC2C2(CCSC2)C1. The summed E-state index contributed by atoms with van der Waals surface area (Å²) >= 11 is 2.26. The minimum absolute atomic E-state index is 0.826. The standard InChI is InChI=1S/C17H28S/c1-3-11-7-12(4-2)16-14-8-13(15(11)16)9-17(14)5-6-18-10-17/h11-16H,3-10H2,1-2H3. The van der Waals surface area contributed by atoms with E-state index in [2.05, 4.69) is 25.6 Å². The molecule has 0 nitrogen and oxygen atoms in total. The molecule has 3 aliphatic carbocycles. The average Bonchev–Trinajstić information content (AvgIpc) is 3.11. The maximum atomic E-state index is 2.46. The number of hydrogen-bond acceptors (Lipinski definition) is 1. The van der Waals surface area contributed by atoms with Gasteiger partial charge in [0.15, 0.2) is 0 Å². The molecule has 4 rings (SSSR count). The van der Waals surface area contributed by atoms with Crippen molar-refractivity contribution in [1.29, 1.82) is 0 Å². The molecule has 0 aromatic heterocycles. The van der Waals surface area contributed by atoms with Crippen molar-refractivity contribution in [3.05, 3.63) is 0 Å². The second-order valence-electron chi connectivity index (χ2n) is 7.70. The molecule has 4 aliphatic rings. The summed E-state index contributed by atoms with van der Waals surface area (Å²) in [5.74, 6) is 9.76. The van der Waals surface area contributed by atoms with Crippen molar-refractivity contribution in [3.63, 3.8) is 0 Å². The fourth-order valence-electron chi connectivity index (χ4n) is 6.77. The molecule has 0 aromatic rings. The molecule has 0 aromatic carbocycles. The lowest BCUT2D eigenvalue weighted by molar-refractivity contribution is 0.0702. The summed E-state index contributed by atoms with van der Waals surface area (Å²) in [5.41, 5.74) is 0.826. The zero-order chi connectivity index (χ0) is 12.3. The summed E-state index contributed by atoms with van der Waals surface area (Å²) in [5, 5.41) is 0. The first-order chi connectivity index (χ1) is 8.79. The Bertz CT molecular complexity index is 331. The normalized spacial score (nSPS) is 57.7. The number of hydrogen-bond donors (Lipinski definition) is 0. The summed E-state index contributed by atoms with van der Waals surface area (Å²) < 4.78 is 0. The molecule has 1 spiro atoms. The van der Waals surface area contributed by atoms with Crippen molar-refractivity contribution in [2.75, 3.05) is 11.5 Å². The molecule has 1 heterocycles. The number of fused-ring (bicyclic) bond motifs is 6. The molecule has 0 radical (unpaired) electrons. The minimum Gasteiger partial charge on any atom is -0.161 e. The van der Waals surface area contributed by atoms with Gasteiger partial charge in [0.1, 0.15) is 0 Å². The van der Waals surface area contributed by atoms with Crippen LogP contribution in [-0.4, -0.2) is 11.5 Å². The monoisotopic (exact) mass is 264 g/mol. The molecule has 4 fully saturated rings. The van der Waals surface area contributed by atoms with E-state index in [0.29, 0.717) is 0 Å². The topological polar surface area (TPSA) is 0 Å². The Morgan fingerprint density at radius 2 is 1.83 bits per heavy atom. The Balaban J connectivity index is 1.65. The molecular formula is C17H28S. The van der Waals surface area contributed by atoms with Crippen LogP contribution >= 0.6 is 11.8 Å². The van der Waals surface area contributed by atoms with E-state index in [1.807, 2.05) is 0 Å². The van der Waals surface area contributed by atoms with Crippen LogP contribution in [0.5, 0.6) is 0 Å². The molecule has 1 saturated heterocycles. The van der Waals surface area contributed by atoms with Crippen LogP contribution in [0.25, 0.3) is 0 Å². The zero-order valence-electron chi connectivity index (χ0n) is 12.0. The van der Waals surface area contributed by atoms with Crippen LogP contribution in [0.1, 0.15) is 52.4 Å². The van der Waals surface area contributed by atoms with Gasteiger partial charge in [0.2, 0.25) is 0 Å². The molecular weight excluding hydrogens is 236 g/mol. The zero-order valence-corrected chi connectivity index (χ0v) is 12.8. The summed E-state index contributed by atoms with van der Waals surface area (Å²) in [7, 11) is 0. The molecule has 7 atom stereocenters. The van der Waals surface area contributed by atoms with Gasteiger partial charge < -0.3 is 0 Å². The fourth-order valence-corrected chi connectivity index (χ4v) is 8.35. The number of rotatable bonds is 2. The highest BCUT2D eigenvalue weighted by molar-refractivity contribution is 7.99. The van der Waals surface area contributed by atoms with E-state index in [9.17, 15) is 0 Å². The third kappa shape index (κ3) is 1.41. The molecule has 7 unspecified atom stereocenters. The maximum Gasteiger partial charge on any atom is -0.000764 e. The van der Waals surface area contributed by atoms with E-state index in [0.717, 1.165) is 40.9 Å². The summed E-state index contributed by atoms with van der Waals surface area (Å²) in [6.07, 6.45) is 9.32.